The summed E-state index contributed by atoms with van der Waals surface area (Å²) < 4.78 is 22.0. The second-order valence-corrected chi connectivity index (χ2v) is 7.35. The van der Waals surface area contributed by atoms with Gasteiger partial charge in [-0.25, -0.2) is 4.98 Å². The molecule has 4 heterocycles. The Labute approximate surface area is 183 Å². The Hall–Kier alpha value is -3.82. The van der Waals surface area contributed by atoms with Gasteiger partial charge in [0, 0.05) is 42.1 Å². The normalized spacial score (nSPS) is 11.5. The Morgan fingerprint density at radius 1 is 0.938 bits per heavy atom. The molecule has 162 valence electrons. The molecular weight excluding hydrogens is 410 g/mol. The van der Waals surface area contributed by atoms with Gasteiger partial charge in [-0.2, -0.15) is 0 Å². The van der Waals surface area contributed by atoms with Crippen molar-refractivity contribution in [2.75, 3.05) is 14.2 Å². The maximum atomic E-state index is 5.93. The Kier molecular flexibility index (Phi) is 5.26. The molecule has 0 atom stereocenters. The number of aromatic nitrogens is 5. The molecule has 5 rings (SSSR count). The molecular formula is C23H21N5O4. The third-order valence-corrected chi connectivity index (χ3v) is 5.07. The average molecular weight is 431 g/mol. The largest absolute Gasteiger partial charge is 0.437 e. The molecule has 0 fully saturated rings. The van der Waals surface area contributed by atoms with Crippen LogP contribution in [0.15, 0.2) is 47.4 Å². The van der Waals surface area contributed by atoms with Crippen LogP contribution in [0, 0.1) is 6.92 Å². The van der Waals surface area contributed by atoms with Crippen molar-refractivity contribution in [3.05, 3.63) is 59.9 Å². The van der Waals surface area contributed by atoms with Gasteiger partial charge in [-0.15, -0.1) is 0 Å². The van der Waals surface area contributed by atoms with Gasteiger partial charge in [0.2, 0.25) is 5.88 Å². The standard InChI is InChI=1S/C23H21N5O4/c1-13-8-25-21(10-24-13)31-14-4-5-18-16(6-14)22-17(12-30-3)23(26-9-20(22)27-18)19-7-15(11-29-2)32-28-19/h4-10,27H,11-12H2,1-3H3. The van der Waals surface area contributed by atoms with Crippen molar-refractivity contribution in [3.63, 3.8) is 0 Å². The lowest BCUT2D eigenvalue weighted by molar-refractivity contribution is 0.156. The van der Waals surface area contributed by atoms with Crippen molar-refractivity contribution in [1.82, 2.24) is 25.1 Å². The van der Waals surface area contributed by atoms with Gasteiger partial charge in [0.25, 0.3) is 0 Å². The SMILES string of the molecule is COCc1cc(-c2ncc3[nH]c4ccc(Oc5cnc(C)cn5)cc4c3c2COC)no1. The molecule has 1 N–H and O–H groups in total. The predicted molar refractivity (Wildman–Crippen MR) is 117 cm³/mol. The lowest BCUT2D eigenvalue weighted by Crippen LogP contribution is -1.97. The molecule has 0 amide bonds. The zero-order valence-corrected chi connectivity index (χ0v) is 17.9. The topological polar surface area (TPSA) is 108 Å². The van der Waals surface area contributed by atoms with Gasteiger partial charge >= 0.3 is 0 Å². The van der Waals surface area contributed by atoms with Crippen molar-refractivity contribution in [3.8, 4) is 23.0 Å². The first-order chi connectivity index (χ1) is 15.7. The summed E-state index contributed by atoms with van der Waals surface area (Å²) in [6, 6.07) is 7.65. The van der Waals surface area contributed by atoms with Crippen LogP contribution in [0.4, 0.5) is 0 Å². The number of pyridine rings is 1. The summed E-state index contributed by atoms with van der Waals surface area (Å²) in [6.07, 6.45) is 5.07. The molecule has 0 bridgehead atoms. The third kappa shape index (κ3) is 3.68. The van der Waals surface area contributed by atoms with Crippen molar-refractivity contribution < 1.29 is 18.7 Å². The molecule has 9 nitrogen and oxygen atoms in total. The first-order valence-corrected chi connectivity index (χ1v) is 10.00. The van der Waals surface area contributed by atoms with Crippen LogP contribution < -0.4 is 4.74 Å². The van der Waals surface area contributed by atoms with E-state index in [0.717, 1.165) is 33.1 Å². The molecule has 0 radical (unpaired) electrons. The first kappa shape index (κ1) is 20.1. The number of benzene rings is 1. The van der Waals surface area contributed by atoms with Gasteiger partial charge in [-0.05, 0) is 25.1 Å². The van der Waals surface area contributed by atoms with Crippen molar-refractivity contribution in [1.29, 1.82) is 0 Å². The van der Waals surface area contributed by atoms with E-state index in [0.29, 0.717) is 42.0 Å². The van der Waals surface area contributed by atoms with Gasteiger partial charge < -0.3 is 23.7 Å². The summed E-state index contributed by atoms with van der Waals surface area (Å²) in [7, 11) is 3.26. The number of aryl methyl sites for hydroxylation is 1. The number of rotatable bonds is 7. The lowest BCUT2D eigenvalue weighted by Gasteiger charge is -2.08. The zero-order chi connectivity index (χ0) is 22.1. The number of H-pyrrole nitrogens is 1. The van der Waals surface area contributed by atoms with E-state index < -0.39 is 0 Å². The van der Waals surface area contributed by atoms with Crippen molar-refractivity contribution in [2.24, 2.45) is 0 Å². The van der Waals surface area contributed by atoms with E-state index in [4.69, 9.17) is 18.7 Å². The second-order valence-electron chi connectivity index (χ2n) is 7.35. The van der Waals surface area contributed by atoms with E-state index in [-0.39, 0.29) is 0 Å². The van der Waals surface area contributed by atoms with Crippen LogP contribution in [-0.4, -0.2) is 39.3 Å². The molecule has 0 aliphatic rings. The molecule has 0 saturated carbocycles. The molecule has 1 aromatic carbocycles. The fourth-order valence-electron chi connectivity index (χ4n) is 3.70. The van der Waals surface area contributed by atoms with Crippen LogP contribution in [0.25, 0.3) is 33.2 Å². The fraction of sp³-hybridized carbons (Fsp3) is 0.217. The molecule has 32 heavy (non-hydrogen) atoms. The quantitative estimate of drug-likeness (QED) is 0.400. The Bertz CT molecular complexity index is 1390. The van der Waals surface area contributed by atoms with Crippen LogP contribution in [0.3, 0.4) is 0 Å². The predicted octanol–water partition coefficient (Wildman–Crippen LogP) is 4.55. The van der Waals surface area contributed by atoms with E-state index in [1.807, 2.05) is 31.2 Å². The summed E-state index contributed by atoms with van der Waals surface area (Å²) in [5.41, 5.74) is 4.91. The highest BCUT2D eigenvalue weighted by molar-refractivity contribution is 6.10. The highest BCUT2D eigenvalue weighted by atomic mass is 16.5. The fourth-order valence-corrected chi connectivity index (χ4v) is 3.70. The minimum atomic E-state index is 0.338. The maximum Gasteiger partial charge on any atom is 0.237 e. The monoisotopic (exact) mass is 431 g/mol. The van der Waals surface area contributed by atoms with Crippen LogP contribution >= 0.6 is 0 Å². The smallest absolute Gasteiger partial charge is 0.237 e. The molecule has 0 aliphatic heterocycles. The molecule has 0 unspecified atom stereocenters. The van der Waals surface area contributed by atoms with Crippen molar-refractivity contribution in [2.45, 2.75) is 20.1 Å². The van der Waals surface area contributed by atoms with Crippen LogP contribution in [-0.2, 0) is 22.7 Å². The highest BCUT2D eigenvalue weighted by Crippen LogP contribution is 2.36. The molecule has 0 aliphatic carbocycles. The van der Waals surface area contributed by atoms with Crippen molar-refractivity contribution >= 4 is 21.8 Å². The lowest BCUT2D eigenvalue weighted by atomic mass is 10.0. The van der Waals surface area contributed by atoms with Gasteiger partial charge in [-0.1, -0.05) is 5.16 Å². The van der Waals surface area contributed by atoms with E-state index in [1.54, 1.807) is 32.8 Å². The average Bonchev–Trinajstić information content (AvgIpc) is 3.40. The summed E-state index contributed by atoms with van der Waals surface area (Å²) >= 11 is 0. The van der Waals surface area contributed by atoms with Gasteiger partial charge in [0.1, 0.15) is 18.1 Å². The van der Waals surface area contributed by atoms with Gasteiger partial charge in [0.05, 0.1) is 42.1 Å². The minimum Gasteiger partial charge on any atom is -0.437 e. The maximum absolute atomic E-state index is 5.93. The third-order valence-electron chi connectivity index (χ3n) is 5.07. The zero-order valence-electron chi connectivity index (χ0n) is 17.9. The minimum absolute atomic E-state index is 0.338. The van der Waals surface area contributed by atoms with Gasteiger partial charge in [-0.3, -0.25) is 9.97 Å². The number of aromatic amines is 1. The van der Waals surface area contributed by atoms with E-state index in [1.165, 1.54) is 0 Å². The molecule has 0 spiro atoms. The Balaban J connectivity index is 1.64. The molecule has 4 aromatic heterocycles. The number of hydrogen-bond donors (Lipinski definition) is 1. The number of hydrogen-bond acceptors (Lipinski definition) is 8. The number of nitrogens with one attached hydrogen (secondary N) is 1. The Morgan fingerprint density at radius 2 is 1.81 bits per heavy atom. The number of ether oxygens (including phenoxy) is 3. The number of fused-ring (bicyclic) bond motifs is 3. The summed E-state index contributed by atoms with van der Waals surface area (Å²) in [4.78, 5) is 16.6. The summed E-state index contributed by atoms with van der Waals surface area (Å²) in [5.74, 6) is 1.71. The van der Waals surface area contributed by atoms with E-state index >= 15 is 0 Å². The van der Waals surface area contributed by atoms with E-state index in [9.17, 15) is 0 Å². The summed E-state index contributed by atoms with van der Waals surface area (Å²) in [5, 5.41) is 6.15. The van der Waals surface area contributed by atoms with Crippen LogP contribution in [0.2, 0.25) is 0 Å². The molecule has 9 heteroatoms. The van der Waals surface area contributed by atoms with Crippen LogP contribution in [0.5, 0.6) is 11.6 Å². The van der Waals surface area contributed by atoms with E-state index in [2.05, 4.69) is 25.1 Å². The first-order valence-electron chi connectivity index (χ1n) is 10.00. The highest BCUT2D eigenvalue weighted by Gasteiger charge is 2.19. The number of methoxy groups -OCH3 is 2. The van der Waals surface area contributed by atoms with Crippen LogP contribution in [0.1, 0.15) is 17.0 Å². The molecule has 0 saturated heterocycles. The number of nitrogens with zero attached hydrogens (tertiary/aromatic N) is 4. The molecule has 5 aromatic rings. The second kappa shape index (κ2) is 8.37. The van der Waals surface area contributed by atoms with Gasteiger partial charge in [0.15, 0.2) is 5.76 Å². The summed E-state index contributed by atoms with van der Waals surface area (Å²) in [6.45, 7) is 2.57. The Morgan fingerprint density at radius 3 is 2.59 bits per heavy atom.